The fourth-order valence-corrected chi connectivity index (χ4v) is 5.80. The van der Waals surface area contributed by atoms with Crippen LogP contribution in [0.25, 0.3) is 0 Å². The fourth-order valence-electron chi connectivity index (χ4n) is 4.26. The second-order valence-electron chi connectivity index (χ2n) is 8.12. The first-order chi connectivity index (χ1) is 16.0. The number of para-hydroxylation sites is 1. The van der Waals surface area contributed by atoms with Crippen molar-refractivity contribution in [3.8, 4) is 0 Å². The third-order valence-electron chi connectivity index (χ3n) is 5.86. The van der Waals surface area contributed by atoms with E-state index in [9.17, 15) is 4.79 Å². The molecule has 170 valence electrons. The SMILES string of the molecule is CCCN1CCc2ccc(Nc3ncc4c(n3)SCN(c3c(Cl)cccc3Cl)C4=O)cc2C1. The highest BCUT2D eigenvalue weighted by atomic mass is 35.5. The molecule has 0 unspecified atom stereocenters. The van der Waals surface area contributed by atoms with Crippen LogP contribution >= 0.6 is 35.0 Å². The van der Waals surface area contributed by atoms with Gasteiger partial charge in [-0.25, -0.2) is 9.97 Å². The van der Waals surface area contributed by atoms with E-state index in [4.69, 9.17) is 23.2 Å². The Morgan fingerprint density at radius 2 is 1.97 bits per heavy atom. The number of halogens is 2. The molecule has 0 bridgehead atoms. The number of amides is 1. The molecule has 0 saturated carbocycles. The molecule has 2 aliphatic heterocycles. The molecule has 0 aliphatic carbocycles. The van der Waals surface area contributed by atoms with Crippen molar-refractivity contribution in [2.75, 3.05) is 29.2 Å². The number of rotatable bonds is 5. The maximum Gasteiger partial charge on any atom is 0.263 e. The van der Waals surface area contributed by atoms with Gasteiger partial charge in [-0.2, -0.15) is 0 Å². The van der Waals surface area contributed by atoms with E-state index in [-0.39, 0.29) is 5.91 Å². The maximum atomic E-state index is 13.1. The Morgan fingerprint density at radius 1 is 1.15 bits per heavy atom. The van der Waals surface area contributed by atoms with Crippen LogP contribution in [0.5, 0.6) is 0 Å². The Bertz CT molecular complexity index is 1200. The van der Waals surface area contributed by atoms with Crippen LogP contribution in [0.15, 0.2) is 47.6 Å². The van der Waals surface area contributed by atoms with Crippen LogP contribution in [0.3, 0.4) is 0 Å². The third-order valence-corrected chi connectivity index (χ3v) is 7.44. The molecule has 0 spiro atoms. The van der Waals surface area contributed by atoms with E-state index in [0.717, 1.165) is 38.2 Å². The van der Waals surface area contributed by atoms with Crippen LogP contribution in [-0.4, -0.2) is 39.7 Å². The van der Waals surface area contributed by atoms with Gasteiger partial charge in [-0.15, -0.1) is 0 Å². The lowest BCUT2D eigenvalue weighted by molar-refractivity contribution is 0.0985. The van der Waals surface area contributed by atoms with Crippen LogP contribution in [-0.2, 0) is 13.0 Å². The van der Waals surface area contributed by atoms with Crippen molar-refractivity contribution in [1.82, 2.24) is 14.9 Å². The molecule has 0 saturated heterocycles. The first-order valence-corrected chi connectivity index (χ1v) is 12.6. The summed E-state index contributed by atoms with van der Waals surface area (Å²) in [6.07, 6.45) is 3.81. The predicted octanol–water partition coefficient (Wildman–Crippen LogP) is 6.01. The molecule has 1 N–H and O–H groups in total. The predicted molar refractivity (Wildman–Crippen MR) is 135 cm³/mol. The lowest BCUT2D eigenvalue weighted by Crippen LogP contribution is -2.35. The minimum Gasteiger partial charge on any atom is -0.324 e. The van der Waals surface area contributed by atoms with E-state index < -0.39 is 0 Å². The Balaban J connectivity index is 1.35. The van der Waals surface area contributed by atoms with Gasteiger partial charge in [0.1, 0.15) is 5.03 Å². The zero-order valence-electron chi connectivity index (χ0n) is 18.1. The lowest BCUT2D eigenvalue weighted by atomic mass is 9.99. The van der Waals surface area contributed by atoms with Crippen LogP contribution in [0.4, 0.5) is 17.3 Å². The highest BCUT2D eigenvalue weighted by Gasteiger charge is 2.30. The summed E-state index contributed by atoms with van der Waals surface area (Å²) < 4.78 is 0. The van der Waals surface area contributed by atoms with Gasteiger partial charge >= 0.3 is 0 Å². The third kappa shape index (κ3) is 4.55. The average Bonchev–Trinajstić information content (AvgIpc) is 2.80. The molecular formula is C24H23Cl2N5OS. The number of carbonyl (C=O) groups excluding carboxylic acids is 1. The van der Waals surface area contributed by atoms with Gasteiger partial charge in [0.2, 0.25) is 5.95 Å². The smallest absolute Gasteiger partial charge is 0.263 e. The molecule has 9 heteroatoms. The largest absolute Gasteiger partial charge is 0.324 e. The number of hydrogen-bond acceptors (Lipinski definition) is 6. The number of hydrogen-bond donors (Lipinski definition) is 1. The summed E-state index contributed by atoms with van der Waals surface area (Å²) in [5.41, 5.74) is 4.64. The average molecular weight is 500 g/mol. The lowest BCUT2D eigenvalue weighted by Gasteiger charge is -2.29. The topological polar surface area (TPSA) is 61.4 Å². The zero-order valence-corrected chi connectivity index (χ0v) is 20.5. The quantitative estimate of drug-likeness (QED) is 0.434. The molecular weight excluding hydrogens is 477 g/mol. The van der Waals surface area contributed by atoms with Crippen LogP contribution < -0.4 is 10.2 Å². The second-order valence-corrected chi connectivity index (χ2v) is 9.87. The highest BCUT2D eigenvalue weighted by molar-refractivity contribution is 7.99. The van der Waals surface area contributed by atoms with E-state index in [1.807, 2.05) is 0 Å². The molecule has 33 heavy (non-hydrogen) atoms. The molecule has 0 atom stereocenters. The number of thioether (sulfide) groups is 1. The molecule has 3 aromatic rings. The normalized spacial score (nSPS) is 15.8. The van der Waals surface area contributed by atoms with Gasteiger partial charge in [0.15, 0.2) is 0 Å². The molecule has 1 aromatic heterocycles. The van der Waals surface area contributed by atoms with Gasteiger partial charge in [0, 0.05) is 25.0 Å². The minimum atomic E-state index is -0.213. The number of fused-ring (bicyclic) bond motifs is 2. The molecule has 0 radical (unpaired) electrons. The van der Waals surface area contributed by atoms with E-state index in [1.54, 1.807) is 29.3 Å². The van der Waals surface area contributed by atoms with Gasteiger partial charge in [-0.3, -0.25) is 14.6 Å². The molecule has 2 aliphatic rings. The zero-order chi connectivity index (χ0) is 22.9. The summed E-state index contributed by atoms with van der Waals surface area (Å²) in [5.74, 6) is 0.632. The monoisotopic (exact) mass is 499 g/mol. The molecule has 3 heterocycles. The molecule has 2 aromatic carbocycles. The van der Waals surface area contributed by atoms with Gasteiger partial charge < -0.3 is 5.32 Å². The van der Waals surface area contributed by atoms with Crippen molar-refractivity contribution < 1.29 is 4.79 Å². The van der Waals surface area contributed by atoms with Crippen molar-refractivity contribution in [2.45, 2.75) is 31.3 Å². The van der Waals surface area contributed by atoms with Crippen molar-refractivity contribution in [2.24, 2.45) is 0 Å². The fraction of sp³-hybridized carbons (Fsp3) is 0.292. The number of aromatic nitrogens is 2. The molecule has 6 nitrogen and oxygen atoms in total. The summed E-state index contributed by atoms with van der Waals surface area (Å²) in [6.45, 7) is 5.41. The number of nitrogens with one attached hydrogen (secondary N) is 1. The van der Waals surface area contributed by atoms with Crippen molar-refractivity contribution in [3.63, 3.8) is 0 Å². The highest BCUT2D eigenvalue weighted by Crippen LogP contribution is 2.39. The standard InChI is InChI=1S/C24H23Cl2N5OS/c1-2-9-30-10-8-15-6-7-17(11-16(15)13-30)28-24-27-12-18-22(29-24)33-14-31(23(18)32)21-19(25)4-3-5-20(21)26/h3-7,11-12H,2,8-10,13-14H2,1H3,(H,27,28,29). The number of anilines is 3. The molecule has 0 fully saturated rings. The first kappa shape index (κ1) is 22.5. The molecule has 1 amide bonds. The second kappa shape index (κ2) is 9.50. The minimum absolute atomic E-state index is 0.213. The van der Waals surface area contributed by atoms with Gasteiger partial charge in [0.25, 0.3) is 5.91 Å². The van der Waals surface area contributed by atoms with Crippen LogP contribution in [0, 0.1) is 0 Å². The Labute approximate surface area is 207 Å². The van der Waals surface area contributed by atoms with E-state index in [1.165, 1.54) is 22.9 Å². The summed E-state index contributed by atoms with van der Waals surface area (Å²) in [6, 6.07) is 11.6. The van der Waals surface area contributed by atoms with Crippen LogP contribution in [0.1, 0.15) is 34.8 Å². The van der Waals surface area contributed by atoms with Gasteiger partial charge in [0.05, 0.1) is 27.2 Å². The summed E-state index contributed by atoms with van der Waals surface area (Å²) in [4.78, 5) is 26.2. The Kier molecular flexibility index (Phi) is 6.47. The van der Waals surface area contributed by atoms with E-state index in [2.05, 4.69) is 45.3 Å². The number of nitrogens with zero attached hydrogens (tertiary/aromatic N) is 4. The summed E-state index contributed by atoms with van der Waals surface area (Å²) >= 11 is 14.1. The van der Waals surface area contributed by atoms with E-state index >= 15 is 0 Å². The number of carbonyl (C=O) groups is 1. The number of benzene rings is 2. The Hall–Kier alpha value is -2.32. The van der Waals surface area contributed by atoms with Crippen molar-refractivity contribution in [1.29, 1.82) is 0 Å². The Morgan fingerprint density at radius 3 is 2.76 bits per heavy atom. The summed E-state index contributed by atoms with van der Waals surface area (Å²) in [7, 11) is 0. The van der Waals surface area contributed by atoms with Gasteiger partial charge in [-0.05, 0) is 54.8 Å². The maximum absolute atomic E-state index is 13.1. The first-order valence-electron chi connectivity index (χ1n) is 10.9. The molecule has 5 rings (SSSR count). The van der Waals surface area contributed by atoms with Crippen molar-refractivity contribution >= 4 is 58.2 Å². The van der Waals surface area contributed by atoms with Crippen molar-refractivity contribution in [3.05, 3.63) is 69.3 Å². The van der Waals surface area contributed by atoms with Gasteiger partial charge in [-0.1, -0.05) is 54.0 Å². The van der Waals surface area contributed by atoms with Crippen LogP contribution in [0.2, 0.25) is 10.0 Å². The summed E-state index contributed by atoms with van der Waals surface area (Å²) in [5, 5.41) is 4.82. The van der Waals surface area contributed by atoms with E-state index in [0.29, 0.717) is 38.1 Å².